The molecule has 0 radical (unpaired) electrons. The molecule has 0 atom stereocenters. The Morgan fingerprint density at radius 1 is 1.30 bits per heavy atom. The van der Waals surface area contributed by atoms with Gasteiger partial charge in [-0.1, -0.05) is 38.8 Å². The maximum absolute atomic E-state index is 14.3. The molecule has 2 aromatic rings. The fourth-order valence-corrected chi connectivity index (χ4v) is 5.03. The van der Waals surface area contributed by atoms with Gasteiger partial charge in [-0.25, -0.2) is 4.39 Å². The fraction of sp³-hybridized carbons (Fsp3) is 0.400. The minimum Gasteiger partial charge on any atom is -0.313 e. The van der Waals surface area contributed by atoms with Gasteiger partial charge in [0.2, 0.25) is 0 Å². The minimum atomic E-state index is -0.597. The third-order valence-corrected chi connectivity index (χ3v) is 6.32. The lowest BCUT2D eigenvalue weighted by molar-refractivity contribution is 0.101. The zero-order chi connectivity index (χ0) is 19.8. The van der Waals surface area contributed by atoms with Crippen LogP contribution in [0.4, 0.5) is 9.39 Å². The van der Waals surface area contributed by atoms with E-state index in [4.69, 9.17) is 0 Å². The number of aryl methyl sites for hydroxylation is 1. The highest BCUT2D eigenvalue weighted by atomic mass is 32.1. The summed E-state index contributed by atoms with van der Waals surface area (Å²) in [4.78, 5) is 26.3. The van der Waals surface area contributed by atoms with Crippen molar-refractivity contribution in [2.24, 2.45) is 5.41 Å². The summed E-state index contributed by atoms with van der Waals surface area (Å²) in [5.41, 5.74) is 2.21. The molecule has 1 heterocycles. The number of anilines is 1. The van der Waals surface area contributed by atoms with Crippen LogP contribution in [-0.2, 0) is 19.4 Å². The molecule has 1 aliphatic carbocycles. The number of thiol groups is 1. The molecule has 2 N–H and O–H groups in total. The average molecular weight is 407 g/mol. The predicted molar refractivity (Wildman–Crippen MR) is 110 cm³/mol. The highest BCUT2D eigenvalue weighted by Gasteiger charge is 2.32. The van der Waals surface area contributed by atoms with E-state index in [9.17, 15) is 14.0 Å². The van der Waals surface area contributed by atoms with Gasteiger partial charge in [0, 0.05) is 11.4 Å². The van der Waals surface area contributed by atoms with Crippen molar-refractivity contribution in [3.8, 4) is 0 Å². The number of carbonyl (C=O) groups excluding carboxylic acids is 2. The van der Waals surface area contributed by atoms with Gasteiger partial charge in [0.15, 0.2) is 5.78 Å². The molecule has 0 unspecified atom stereocenters. The molecule has 0 saturated heterocycles. The first-order chi connectivity index (χ1) is 12.7. The summed E-state index contributed by atoms with van der Waals surface area (Å²) in [6, 6.07) is 4.49. The summed E-state index contributed by atoms with van der Waals surface area (Å²) in [7, 11) is 0. The SMILES string of the molecule is CC(=O)c1c(NC(=O)c2c(F)cccc2CNS)sc2c1CC(C)(C)CC2. The first-order valence-corrected chi connectivity index (χ1v) is 10.1. The van der Waals surface area contributed by atoms with Crippen LogP contribution in [0, 0.1) is 11.2 Å². The van der Waals surface area contributed by atoms with E-state index in [1.165, 1.54) is 24.3 Å². The highest BCUT2D eigenvalue weighted by Crippen LogP contribution is 2.44. The number of carbonyl (C=O) groups is 2. The van der Waals surface area contributed by atoms with Crippen molar-refractivity contribution < 1.29 is 14.0 Å². The zero-order valence-electron chi connectivity index (χ0n) is 15.6. The van der Waals surface area contributed by atoms with E-state index in [-0.39, 0.29) is 23.3 Å². The first kappa shape index (κ1) is 20.0. The van der Waals surface area contributed by atoms with Gasteiger partial charge in [0.05, 0.1) is 11.1 Å². The Morgan fingerprint density at radius 3 is 2.70 bits per heavy atom. The number of amides is 1. The molecule has 1 aromatic heterocycles. The number of Topliss-reactive ketones (excluding diaryl/α,β-unsaturated/α-hetero) is 1. The smallest absolute Gasteiger partial charge is 0.259 e. The van der Waals surface area contributed by atoms with E-state index in [2.05, 4.69) is 36.7 Å². The molecule has 1 amide bonds. The molecule has 1 aliphatic rings. The van der Waals surface area contributed by atoms with Crippen LogP contribution in [0.25, 0.3) is 0 Å². The molecule has 4 nitrogen and oxygen atoms in total. The van der Waals surface area contributed by atoms with E-state index in [0.717, 1.165) is 29.7 Å². The van der Waals surface area contributed by atoms with Crippen LogP contribution in [0.1, 0.15) is 63.9 Å². The lowest BCUT2D eigenvalue weighted by atomic mass is 9.76. The third-order valence-electron chi connectivity index (χ3n) is 4.95. The summed E-state index contributed by atoms with van der Waals surface area (Å²) >= 11 is 5.38. The maximum Gasteiger partial charge on any atom is 0.259 e. The lowest BCUT2D eigenvalue weighted by Crippen LogP contribution is -2.22. The van der Waals surface area contributed by atoms with Gasteiger partial charge in [-0.3, -0.25) is 14.3 Å². The molecular formula is C20H23FN2O2S2. The minimum absolute atomic E-state index is 0.0275. The van der Waals surface area contributed by atoms with Gasteiger partial charge in [0.1, 0.15) is 10.8 Å². The topological polar surface area (TPSA) is 58.2 Å². The number of thiophene rings is 1. The van der Waals surface area contributed by atoms with Gasteiger partial charge >= 0.3 is 0 Å². The van der Waals surface area contributed by atoms with Crippen LogP contribution in [-0.4, -0.2) is 11.7 Å². The predicted octanol–water partition coefficient (Wildman–Crippen LogP) is 4.79. The molecule has 3 rings (SSSR count). The van der Waals surface area contributed by atoms with Crippen molar-refractivity contribution in [3.05, 3.63) is 51.1 Å². The van der Waals surface area contributed by atoms with Crippen LogP contribution >= 0.6 is 24.2 Å². The number of benzene rings is 1. The number of fused-ring (bicyclic) bond motifs is 1. The second-order valence-corrected chi connectivity index (χ2v) is 9.09. The summed E-state index contributed by atoms with van der Waals surface area (Å²) in [6.07, 6.45) is 2.73. The van der Waals surface area contributed by atoms with Crippen LogP contribution in [0.5, 0.6) is 0 Å². The largest absolute Gasteiger partial charge is 0.313 e. The standard InChI is InChI=1S/C20H23FN2O2S2/c1-11(24)16-13-9-20(2,3)8-7-15(13)27-19(16)23-18(25)17-12(10-22-26)5-4-6-14(17)21/h4-6,22,26H,7-10H2,1-3H3,(H,23,25). The third kappa shape index (κ3) is 4.10. The Hall–Kier alpha value is -1.70. The lowest BCUT2D eigenvalue weighted by Gasteiger charge is -2.29. The van der Waals surface area contributed by atoms with Crippen molar-refractivity contribution >= 4 is 40.8 Å². The Kier molecular flexibility index (Phi) is 5.74. The highest BCUT2D eigenvalue weighted by molar-refractivity contribution is 7.78. The van der Waals surface area contributed by atoms with E-state index in [1.54, 1.807) is 12.1 Å². The number of ketones is 1. The van der Waals surface area contributed by atoms with Gasteiger partial charge in [-0.15, -0.1) is 11.3 Å². The Labute approximate surface area is 168 Å². The van der Waals surface area contributed by atoms with Crippen molar-refractivity contribution in [2.75, 3.05) is 5.32 Å². The number of nitrogens with one attached hydrogen (secondary N) is 2. The Morgan fingerprint density at radius 2 is 2.04 bits per heavy atom. The van der Waals surface area contributed by atoms with Crippen LogP contribution in [0.2, 0.25) is 0 Å². The van der Waals surface area contributed by atoms with Crippen LogP contribution in [0.15, 0.2) is 18.2 Å². The normalized spacial score (nSPS) is 15.3. The average Bonchev–Trinajstić information content (AvgIpc) is 2.91. The Bertz CT molecular complexity index is 906. The van der Waals surface area contributed by atoms with Crippen LogP contribution < -0.4 is 10.0 Å². The molecule has 0 fully saturated rings. The first-order valence-electron chi connectivity index (χ1n) is 8.84. The van der Waals surface area contributed by atoms with E-state index < -0.39 is 11.7 Å². The monoisotopic (exact) mass is 406 g/mol. The van der Waals surface area contributed by atoms with Crippen molar-refractivity contribution in [2.45, 2.75) is 46.6 Å². The molecule has 0 saturated carbocycles. The van der Waals surface area contributed by atoms with Gasteiger partial charge in [-0.2, -0.15) is 0 Å². The molecule has 27 heavy (non-hydrogen) atoms. The summed E-state index contributed by atoms with van der Waals surface area (Å²) in [6.45, 7) is 6.13. The van der Waals surface area contributed by atoms with Gasteiger partial charge in [-0.05, 0) is 48.8 Å². The second-order valence-electron chi connectivity index (χ2n) is 7.67. The van der Waals surface area contributed by atoms with E-state index in [0.29, 0.717) is 16.1 Å². The number of hydrogen-bond donors (Lipinski definition) is 3. The molecular weight excluding hydrogens is 383 g/mol. The fourth-order valence-electron chi connectivity index (χ4n) is 3.60. The quantitative estimate of drug-likeness (QED) is 0.494. The molecule has 7 heteroatoms. The maximum atomic E-state index is 14.3. The number of hydrogen-bond acceptors (Lipinski definition) is 5. The molecule has 0 spiro atoms. The van der Waals surface area contributed by atoms with Crippen molar-refractivity contribution in [1.29, 1.82) is 0 Å². The molecule has 0 bridgehead atoms. The summed E-state index contributed by atoms with van der Waals surface area (Å²) in [5.74, 6) is -1.22. The number of halogens is 1. The van der Waals surface area contributed by atoms with E-state index in [1.807, 2.05) is 0 Å². The van der Waals surface area contributed by atoms with Crippen LogP contribution in [0.3, 0.4) is 0 Å². The molecule has 0 aliphatic heterocycles. The second kappa shape index (κ2) is 7.73. The van der Waals surface area contributed by atoms with Crippen molar-refractivity contribution in [3.63, 3.8) is 0 Å². The molecule has 1 aromatic carbocycles. The summed E-state index contributed by atoms with van der Waals surface area (Å²) < 4.78 is 17.0. The van der Waals surface area contributed by atoms with Crippen molar-refractivity contribution in [1.82, 2.24) is 4.72 Å². The Balaban J connectivity index is 1.99. The molecule has 144 valence electrons. The summed E-state index contributed by atoms with van der Waals surface area (Å²) in [5, 5.41) is 3.32. The van der Waals surface area contributed by atoms with E-state index >= 15 is 0 Å². The zero-order valence-corrected chi connectivity index (χ0v) is 17.3. The van der Waals surface area contributed by atoms with Gasteiger partial charge < -0.3 is 5.32 Å². The van der Waals surface area contributed by atoms with Gasteiger partial charge in [0.25, 0.3) is 5.91 Å². The number of rotatable bonds is 5.